The molecule has 106 valence electrons. The normalized spacial score (nSPS) is 30.5. The first-order valence-electron chi connectivity index (χ1n) is 7.64. The molecule has 2 N–H and O–H groups in total. The first kappa shape index (κ1) is 14.3. The quantitative estimate of drug-likeness (QED) is 0.793. The predicted molar refractivity (Wildman–Crippen MR) is 73.7 cm³/mol. The zero-order valence-corrected chi connectivity index (χ0v) is 12.0. The van der Waals surface area contributed by atoms with Crippen molar-refractivity contribution in [2.45, 2.75) is 82.4 Å². The molecule has 3 heteroatoms. The van der Waals surface area contributed by atoms with Crippen LogP contribution in [0.1, 0.15) is 65.2 Å². The Labute approximate surface area is 111 Å². The second-order valence-corrected chi connectivity index (χ2v) is 6.46. The summed E-state index contributed by atoms with van der Waals surface area (Å²) >= 11 is 0. The molecule has 1 saturated heterocycles. The number of hydrogen-bond acceptors (Lipinski definition) is 3. The summed E-state index contributed by atoms with van der Waals surface area (Å²) in [7, 11) is 0. The molecule has 0 radical (unpaired) electrons. The first-order chi connectivity index (χ1) is 8.61. The maximum absolute atomic E-state index is 9.20. The molecule has 0 bridgehead atoms. The van der Waals surface area contributed by atoms with E-state index in [9.17, 15) is 5.11 Å². The van der Waals surface area contributed by atoms with Crippen LogP contribution in [0.3, 0.4) is 0 Å². The van der Waals surface area contributed by atoms with E-state index in [0.717, 1.165) is 32.3 Å². The number of rotatable bonds is 5. The van der Waals surface area contributed by atoms with Gasteiger partial charge in [0.05, 0.1) is 5.60 Å². The van der Waals surface area contributed by atoms with Gasteiger partial charge >= 0.3 is 0 Å². The van der Waals surface area contributed by atoms with Crippen LogP contribution in [-0.4, -0.2) is 35.5 Å². The third-order valence-electron chi connectivity index (χ3n) is 5.00. The highest BCUT2D eigenvalue weighted by Crippen LogP contribution is 2.40. The largest absolute Gasteiger partial charge is 0.396 e. The minimum absolute atomic E-state index is 0.0799. The number of aliphatic hydroxyl groups is 1. The molecular formula is C15H29NO2. The Morgan fingerprint density at radius 2 is 2.11 bits per heavy atom. The van der Waals surface area contributed by atoms with Crippen LogP contribution in [0, 0.1) is 0 Å². The topological polar surface area (TPSA) is 41.5 Å². The number of aliphatic hydroxyl groups excluding tert-OH is 1. The molecule has 1 saturated carbocycles. The van der Waals surface area contributed by atoms with Gasteiger partial charge in [-0.05, 0) is 45.4 Å². The van der Waals surface area contributed by atoms with Crippen molar-refractivity contribution in [1.29, 1.82) is 0 Å². The molecule has 2 aliphatic rings. The predicted octanol–water partition coefficient (Wildman–Crippen LogP) is 2.62. The molecule has 0 aromatic heterocycles. The fraction of sp³-hybridized carbons (Fsp3) is 1.00. The minimum atomic E-state index is 0.0799. The fourth-order valence-corrected chi connectivity index (χ4v) is 3.61. The molecule has 1 aliphatic carbocycles. The van der Waals surface area contributed by atoms with Crippen molar-refractivity contribution in [3.8, 4) is 0 Å². The lowest BCUT2D eigenvalue weighted by Gasteiger charge is -2.42. The van der Waals surface area contributed by atoms with Crippen LogP contribution in [-0.2, 0) is 4.74 Å². The van der Waals surface area contributed by atoms with Crippen LogP contribution in [0.4, 0.5) is 0 Å². The van der Waals surface area contributed by atoms with E-state index >= 15 is 0 Å². The highest BCUT2D eigenvalue weighted by Gasteiger charge is 2.41. The summed E-state index contributed by atoms with van der Waals surface area (Å²) in [4.78, 5) is 0. The van der Waals surface area contributed by atoms with E-state index in [1.807, 2.05) is 0 Å². The zero-order valence-electron chi connectivity index (χ0n) is 12.0. The molecule has 1 heterocycles. The van der Waals surface area contributed by atoms with Gasteiger partial charge in [0, 0.05) is 24.8 Å². The summed E-state index contributed by atoms with van der Waals surface area (Å²) in [6, 6.07) is 0.563. The van der Waals surface area contributed by atoms with Crippen molar-refractivity contribution in [1.82, 2.24) is 5.32 Å². The van der Waals surface area contributed by atoms with Crippen LogP contribution >= 0.6 is 0 Å². The molecule has 0 aromatic carbocycles. The van der Waals surface area contributed by atoms with Gasteiger partial charge in [0.1, 0.15) is 0 Å². The maximum Gasteiger partial charge on any atom is 0.0697 e. The Balaban J connectivity index is 1.92. The van der Waals surface area contributed by atoms with Crippen LogP contribution in [0.5, 0.6) is 0 Å². The van der Waals surface area contributed by atoms with E-state index in [0.29, 0.717) is 6.04 Å². The molecule has 0 aromatic rings. The summed E-state index contributed by atoms with van der Waals surface area (Å²) in [6.45, 7) is 5.61. The van der Waals surface area contributed by atoms with E-state index < -0.39 is 0 Å². The number of hydrogen-bond donors (Lipinski definition) is 2. The Morgan fingerprint density at radius 3 is 2.72 bits per heavy atom. The highest BCUT2D eigenvalue weighted by atomic mass is 16.5. The Bertz CT molecular complexity index is 263. The van der Waals surface area contributed by atoms with Crippen LogP contribution in [0.2, 0.25) is 0 Å². The monoisotopic (exact) mass is 255 g/mol. The summed E-state index contributed by atoms with van der Waals surface area (Å²) in [6.07, 6.45) is 9.33. The molecule has 1 aliphatic heterocycles. The Morgan fingerprint density at radius 1 is 1.39 bits per heavy atom. The molecule has 3 nitrogen and oxygen atoms in total. The lowest BCUT2D eigenvalue weighted by molar-refractivity contribution is -0.0870. The van der Waals surface area contributed by atoms with Crippen LogP contribution < -0.4 is 5.32 Å². The summed E-state index contributed by atoms with van der Waals surface area (Å²) in [5.41, 5.74) is 0.264. The smallest absolute Gasteiger partial charge is 0.0697 e. The van der Waals surface area contributed by atoms with Crippen molar-refractivity contribution in [3.05, 3.63) is 0 Å². The van der Waals surface area contributed by atoms with Gasteiger partial charge in [-0.3, -0.25) is 0 Å². The third-order valence-corrected chi connectivity index (χ3v) is 5.00. The van der Waals surface area contributed by atoms with Gasteiger partial charge in [-0.25, -0.2) is 0 Å². The SMILES string of the molecule is CCC(C)(CCO)NC1CCOC2(CCCC2)C1. The second-order valence-electron chi connectivity index (χ2n) is 6.46. The Hall–Kier alpha value is -0.120. The summed E-state index contributed by atoms with van der Waals surface area (Å²) in [5.74, 6) is 0. The molecule has 18 heavy (non-hydrogen) atoms. The van der Waals surface area contributed by atoms with Crippen LogP contribution in [0.15, 0.2) is 0 Å². The van der Waals surface area contributed by atoms with Crippen molar-refractivity contribution in [3.63, 3.8) is 0 Å². The van der Waals surface area contributed by atoms with E-state index in [1.54, 1.807) is 0 Å². The van der Waals surface area contributed by atoms with Gasteiger partial charge in [-0.15, -0.1) is 0 Å². The average molecular weight is 255 g/mol. The molecule has 2 unspecified atom stereocenters. The molecule has 1 spiro atoms. The van der Waals surface area contributed by atoms with Gasteiger partial charge in [-0.2, -0.15) is 0 Å². The first-order valence-corrected chi connectivity index (χ1v) is 7.64. The van der Waals surface area contributed by atoms with E-state index in [1.165, 1.54) is 25.7 Å². The minimum Gasteiger partial charge on any atom is -0.396 e. The van der Waals surface area contributed by atoms with E-state index in [2.05, 4.69) is 19.2 Å². The standard InChI is InChI=1S/C15H29NO2/c1-3-14(2,9-10-17)16-13-6-11-18-15(12-13)7-4-5-8-15/h13,16-17H,3-12H2,1-2H3. The lowest BCUT2D eigenvalue weighted by atomic mass is 9.86. The molecule has 2 rings (SSSR count). The number of ether oxygens (including phenoxy) is 1. The third kappa shape index (κ3) is 3.25. The zero-order chi connectivity index (χ0) is 13.1. The van der Waals surface area contributed by atoms with Gasteiger partial charge in [-0.1, -0.05) is 19.8 Å². The fourth-order valence-electron chi connectivity index (χ4n) is 3.61. The molecule has 2 atom stereocenters. The molecule has 2 fully saturated rings. The molecular weight excluding hydrogens is 226 g/mol. The van der Waals surface area contributed by atoms with Crippen molar-refractivity contribution in [2.24, 2.45) is 0 Å². The number of nitrogens with one attached hydrogen (secondary N) is 1. The Kier molecular flexibility index (Phi) is 4.68. The second kappa shape index (κ2) is 5.89. The van der Waals surface area contributed by atoms with E-state index in [-0.39, 0.29) is 17.7 Å². The highest BCUT2D eigenvalue weighted by molar-refractivity contribution is 4.96. The van der Waals surface area contributed by atoms with Gasteiger partial charge in [0.25, 0.3) is 0 Å². The molecule has 0 amide bonds. The summed E-state index contributed by atoms with van der Waals surface area (Å²) in [5, 5.41) is 13.0. The maximum atomic E-state index is 9.20. The average Bonchev–Trinajstić information content (AvgIpc) is 2.77. The van der Waals surface area contributed by atoms with Gasteiger partial charge in [0.15, 0.2) is 0 Å². The van der Waals surface area contributed by atoms with Crippen LogP contribution in [0.25, 0.3) is 0 Å². The van der Waals surface area contributed by atoms with E-state index in [4.69, 9.17) is 4.74 Å². The lowest BCUT2D eigenvalue weighted by Crippen LogP contribution is -2.53. The van der Waals surface area contributed by atoms with Gasteiger partial charge < -0.3 is 15.2 Å². The van der Waals surface area contributed by atoms with Crippen molar-refractivity contribution < 1.29 is 9.84 Å². The summed E-state index contributed by atoms with van der Waals surface area (Å²) < 4.78 is 6.08. The van der Waals surface area contributed by atoms with Gasteiger partial charge in [0.2, 0.25) is 0 Å². The van der Waals surface area contributed by atoms with Crippen molar-refractivity contribution in [2.75, 3.05) is 13.2 Å². The van der Waals surface area contributed by atoms with Crippen molar-refractivity contribution >= 4 is 0 Å².